The molecule has 0 amide bonds. The van der Waals surface area contributed by atoms with E-state index in [2.05, 4.69) is 4.89 Å². The molecule has 94 valence electrons. The number of benzene rings is 1. The van der Waals surface area contributed by atoms with E-state index < -0.39 is 5.97 Å². The van der Waals surface area contributed by atoms with Gasteiger partial charge in [-0.2, -0.15) is 0 Å². The maximum Gasteiger partial charge on any atom is 0.335 e. The SMILES string of the molecule is COOCc1cc(C(=O)O)cc(C(C)(C)C)c1. The Balaban J connectivity index is 3.14. The Morgan fingerprint density at radius 3 is 2.41 bits per heavy atom. The summed E-state index contributed by atoms with van der Waals surface area (Å²) < 4.78 is 0. The molecule has 0 aliphatic carbocycles. The van der Waals surface area contributed by atoms with Crippen LogP contribution >= 0.6 is 0 Å². The van der Waals surface area contributed by atoms with Crippen molar-refractivity contribution in [3.8, 4) is 0 Å². The molecule has 0 radical (unpaired) electrons. The van der Waals surface area contributed by atoms with Gasteiger partial charge in [-0.25, -0.2) is 14.6 Å². The van der Waals surface area contributed by atoms with Crippen molar-refractivity contribution >= 4 is 5.97 Å². The van der Waals surface area contributed by atoms with Crippen molar-refractivity contribution in [2.75, 3.05) is 7.11 Å². The summed E-state index contributed by atoms with van der Waals surface area (Å²) in [6.45, 7) is 6.35. The number of hydrogen-bond donors (Lipinski definition) is 1. The van der Waals surface area contributed by atoms with Crippen molar-refractivity contribution < 1.29 is 19.7 Å². The van der Waals surface area contributed by atoms with E-state index in [0.29, 0.717) is 0 Å². The zero-order valence-corrected chi connectivity index (χ0v) is 10.6. The highest BCUT2D eigenvalue weighted by molar-refractivity contribution is 5.88. The van der Waals surface area contributed by atoms with Gasteiger partial charge < -0.3 is 5.11 Å². The Labute approximate surface area is 101 Å². The lowest BCUT2D eigenvalue weighted by molar-refractivity contribution is -0.282. The van der Waals surface area contributed by atoms with E-state index in [-0.39, 0.29) is 17.6 Å². The number of carbonyl (C=O) groups is 1. The van der Waals surface area contributed by atoms with Crippen LogP contribution in [-0.2, 0) is 21.8 Å². The summed E-state index contributed by atoms with van der Waals surface area (Å²) in [5.74, 6) is -0.935. The third-order valence-electron chi connectivity index (χ3n) is 2.45. The number of carboxylic acids is 1. The second-order valence-electron chi connectivity index (χ2n) is 4.90. The number of aromatic carboxylic acids is 1. The lowest BCUT2D eigenvalue weighted by atomic mass is 9.85. The van der Waals surface area contributed by atoms with Crippen LogP contribution in [0.3, 0.4) is 0 Å². The molecular weight excluding hydrogens is 220 g/mol. The van der Waals surface area contributed by atoms with Crippen LogP contribution in [0.15, 0.2) is 18.2 Å². The van der Waals surface area contributed by atoms with Crippen LogP contribution in [0.4, 0.5) is 0 Å². The van der Waals surface area contributed by atoms with Crippen molar-refractivity contribution in [2.45, 2.75) is 32.8 Å². The Morgan fingerprint density at radius 2 is 1.94 bits per heavy atom. The fraction of sp³-hybridized carbons (Fsp3) is 0.462. The monoisotopic (exact) mass is 238 g/mol. The molecule has 0 atom stereocenters. The van der Waals surface area contributed by atoms with Crippen molar-refractivity contribution in [1.82, 2.24) is 0 Å². The summed E-state index contributed by atoms with van der Waals surface area (Å²) >= 11 is 0. The first-order chi connectivity index (χ1) is 7.84. The second-order valence-corrected chi connectivity index (χ2v) is 4.90. The van der Waals surface area contributed by atoms with Crippen molar-refractivity contribution in [3.05, 3.63) is 34.9 Å². The molecule has 4 heteroatoms. The minimum absolute atomic E-state index is 0.104. The van der Waals surface area contributed by atoms with E-state index in [0.717, 1.165) is 11.1 Å². The standard InChI is InChI=1S/C13H18O4/c1-13(2,3)11-6-9(8-17-16-4)5-10(7-11)12(14)15/h5-7H,8H2,1-4H3,(H,14,15). The molecule has 1 aromatic carbocycles. The Morgan fingerprint density at radius 1 is 1.29 bits per heavy atom. The molecule has 0 saturated carbocycles. The summed E-state index contributed by atoms with van der Waals surface area (Å²) in [5.41, 5.74) is 1.92. The predicted molar refractivity (Wildman–Crippen MR) is 63.9 cm³/mol. The molecule has 0 heterocycles. The normalized spacial score (nSPS) is 11.5. The summed E-state index contributed by atoms with van der Waals surface area (Å²) in [4.78, 5) is 20.4. The van der Waals surface area contributed by atoms with Crippen LogP contribution in [0.5, 0.6) is 0 Å². The molecule has 0 unspecified atom stereocenters. The molecule has 0 spiro atoms. The molecule has 0 aromatic heterocycles. The summed E-state index contributed by atoms with van der Waals surface area (Å²) in [6, 6.07) is 5.22. The minimum atomic E-state index is -0.935. The molecule has 0 aliphatic rings. The summed E-state index contributed by atoms with van der Waals surface area (Å²) in [6.07, 6.45) is 0. The van der Waals surface area contributed by atoms with Crippen molar-refractivity contribution in [1.29, 1.82) is 0 Å². The van der Waals surface area contributed by atoms with E-state index in [4.69, 9.17) is 9.99 Å². The van der Waals surface area contributed by atoms with Crippen molar-refractivity contribution in [3.63, 3.8) is 0 Å². The highest BCUT2D eigenvalue weighted by Crippen LogP contribution is 2.25. The number of rotatable bonds is 4. The quantitative estimate of drug-likeness (QED) is 0.647. The van der Waals surface area contributed by atoms with Gasteiger partial charge in [-0.3, -0.25) is 0 Å². The van der Waals surface area contributed by atoms with Gasteiger partial charge in [0.2, 0.25) is 0 Å². The fourth-order valence-electron chi connectivity index (χ4n) is 1.46. The lowest BCUT2D eigenvalue weighted by Gasteiger charge is -2.20. The van der Waals surface area contributed by atoms with E-state index >= 15 is 0 Å². The molecule has 4 nitrogen and oxygen atoms in total. The third-order valence-corrected chi connectivity index (χ3v) is 2.45. The minimum Gasteiger partial charge on any atom is -0.478 e. The zero-order chi connectivity index (χ0) is 13.1. The first-order valence-electron chi connectivity index (χ1n) is 5.38. The highest BCUT2D eigenvalue weighted by atomic mass is 17.2. The lowest BCUT2D eigenvalue weighted by Crippen LogP contribution is -2.13. The maximum atomic E-state index is 11.0. The topological polar surface area (TPSA) is 55.8 Å². The average molecular weight is 238 g/mol. The molecule has 1 aromatic rings. The smallest absolute Gasteiger partial charge is 0.335 e. The maximum absolute atomic E-state index is 11.0. The Kier molecular flexibility index (Phi) is 4.26. The molecule has 0 fully saturated rings. The van der Waals surface area contributed by atoms with Gasteiger partial charge in [0.1, 0.15) is 6.61 Å². The van der Waals surface area contributed by atoms with E-state index in [9.17, 15) is 4.79 Å². The van der Waals surface area contributed by atoms with Crippen LogP contribution < -0.4 is 0 Å². The summed E-state index contributed by atoms with van der Waals surface area (Å²) in [5, 5.41) is 9.05. The third kappa shape index (κ3) is 3.84. The van der Waals surface area contributed by atoms with Crippen molar-refractivity contribution in [2.24, 2.45) is 0 Å². The van der Waals surface area contributed by atoms with E-state index in [1.54, 1.807) is 12.1 Å². The van der Waals surface area contributed by atoms with Crippen LogP contribution in [0.25, 0.3) is 0 Å². The van der Waals surface area contributed by atoms with Gasteiger partial charge in [-0.15, -0.1) is 0 Å². The van der Waals surface area contributed by atoms with Gasteiger partial charge in [-0.05, 0) is 28.7 Å². The first kappa shape index (κ1) is 13.7. The largest absolute Gasteiger partial charge is 0.478 e. The average Bonchev–Trinajstić information content (AvgIpc) is 2.24. The van der Waals surface area contributed by atoms with Crippen LogP contribution in [0, 0.1) is 0 Å². The van der Waals surface area contributed by atoms with Gasteiger partial charge in [-0.1, -0.05) is 26.8 Å². The highest BCUT2D eigenvalue weighted by Gasteiger charge is 2.17. The van der Waals surface area contributed by atoms with E-state index in [1.807, 2.05) is 26.8 Å². The molecule has 1 N–H and O–H groups in total. The van der Waals surface area contributed by atoms with Gasteiger partial charge >= 0.3 is 5.97 Å². The predicted octanol–water partition coefficient (Wildman–Crippen LogP) is 2.76. The number of carboxylic acid groups (broad SMARTS) is 1. The molecule has 0 bridgehead atoms. The number of hydrogen-bond acceptors (Lipinski definition) is 3. The Hall–Kier alpha value is -1.39. The molecule has 0 saturated heterocycles. The van der Waals surface area contributed by atoms with Gasteiger partial charge in [0, 0.05) is 0 Å². The van der Waals surface area contributed by atoms with Crippen LogP contribution in [-0.4, -0.2) is 18.2 Å². The van der Waals surface area contributed by atoms with Gasteiger partial charge in [0.25, 0.3) is 0 Å². The van der Waals surface area contributed by atoms with E-state index in [1.165, 1.54) is 7.11 Å². The summed E-state index contributed by atoms with van der Waals surface area (Å²) in [7, 11) is 1.42. The van der Waals surface area contributed by atoms with Gasteiger partial charge in [0.15, 0.2) is 0 Å². The van der Waals surface area contributed by atoms with Crippen LogP contribution in [0.1, 0.15) is 42.3 Å². The molecular formula is C13H18O4. The fourth-order valence-corrected chi connectivity index (χ4v) is 1.46. The van der Waals surface area contributed by atoms with Gasteiger partial charge in [0.05, 0.1) is 12.7 Å². The molecule has 0 aliphatic heterocycles. The zero-order valence-electron chi connectivity index (χ0n) is 10.6. The molecule has 17 heavy (non-hydrogen) atoms. The Bertz CT molecular complexity index is 404. The second kappa shape index (κ2) is 5.29. The first-order valence-corrected chi connectivity index (χ1v) is 5.38. The molecule has 1 rings (SSSR count). The van der Waals surface area contributed by atoms with Crippen LogP contribution in [0.2, 0.25) is 0 Å².